The summed E-state index contributed by atoms with van der Waals surface area (Å²) in [4.78, 5) is 38.3. The van der Waals surface area contributed by atoms with Crippen molar-refractivity contribution in [2.24, 2.45) is 11.8 Å². The number of hydrogen-bond acceptors (Lipinski definition) is 9. The Kier molecular flexibility index (Phi) is 13.2. The molecule has 5 atom stereocenters. The van der Waals surface area contributed by atoms with E-state index in [1.54, 1.807) is 27.7 Å². The van der Waals surface area contributed by atoms with Crippen molar-refractivity contribution in [3.8, 4) is 0 Å². The van der Waals surface area contributed by atoms with Crippen molar-refractivity contribution in [2.75, 3.05) is 26.9 Å². The number of benzene rings is 1. The van der Waals surface area contributed by atoms with Gasteiger partial charge in [-0.3, -0.25) is 9.59 Å². The summed E-state index contributed by atoms with van der Waals surface area (Å²) in [6.45, 7) is 8.79. The second-order valence-electron chi connectivity index (χ2n) is 10.8. The molecule has 12 heteroatoms. The summed E-state index contributed by atoms with van der Waals surface area (Å²) in [5.41, 5.74) is -3.87. The van der Waals surface area contributed by atoms with Gasteiger partial charge in [-0.05, 0) is 40.0 Å². The van der Waals surface area contributed by atoms with Gasteiger partial charge in [0.15, 0.2) is 5.79 Å². The number of carbonyl (C=O) groups is 3. The van der Waals surface area contributed by atoms with E-state index in [-0.39, 0.29) is 51.0 Å². The molecule has 1 heterocycles. The largest absolute Gasteiger partial charge is 0.466 e. The molecule has 0 amide bonds. The zero-order chi connectivity index (χ0) is 31.6. The molecule has 9 nitrogen and oxygen atoms in total. The molecule has 0 spiro atoms. The molecule has 0 bridgehead atoms. The van der Waals surface area contributed by atoms with Crippen LogP contribution >= 0.6 is 0 Å². The molecule has 0 unspecified atom stereocenters. The summed E-state index contributed by atoms with van der Waals surface area (Å²) in [7, 11) is 0.786. The van der Waals surface area contributed by atoms with Crippen LogP contribution in [-0.4, -0.2) is 69.0 Å². The maximum Gasteiger partial charge on any atom is 0.432 e. The first-order valence-corrected chi connectivity index (χ1v) is 14.2. The van der Waals surface area contributed by atoms with Crippen molar-refractivity contribution in [2.45, 2.75) is 96.5 Å². The molecule has 2 rings (SSSR count). The SMILES string of the molecule is CCOC(=O)C[C@@H](C)CCC[C@H](C[C@H](OC(=O)[C@](OC)(c1ccccc1)C(F)(F)F)[C@H]1COC(C)(C)O1)C(=O)OCC. The third-order valence-electron chi connectivity index (χ3n) is 7.08. The summed E-state index contributed by atoms with van der Waals surface area (Å²) in [5.74, 6) is -4.51. The zero-order valence-corrected chi connectivity index (χ0v) is 25.2. The van der Waals surface area contributed by atoms with Crippen LogP contribution in [0.1, 0.15) is 72.3 Å². The Labute approximate surface area is 245 Å². The van der Waals surface area contributed by atoms with Crippen molar-refractivity contribution in [3.63, 3.8) is 0 Å². The average Bonchev–Trinajstić information content (AvgIpc) is 3.27. The first-order valence-electron chi connectivity index (χ1n) is 14.2. The molecule has 1 fully saturated rings. The monoisotopic (exact) mass is 604 g/mol. The van der Waals surface area contributed by atoms with E-state index in [1.807, 2.05) is 6.92 Å². The van der Waals surface area contributed by atoms with E-state index in [9.17, 15) is 27.6 Å². The summed E-state index contributed by atoms with van der Waals surface area (Å²) in [6, 6.07) is 6.48. The van der Waals surface area contributed by atoms with Crippen LogP contribution in [-0.2, 0) is 48.4 Å². The number of hydrogen-bond donors (Lipinski definition) is 0. The van der Waals surface area contributed by atoms with Gasteiger partial charge in [-0.15, -0.1) is 0 Å². The molecular weight excluding hydrogens is 561 g/mol. The third-order valence-corrected chi connectivity index (χ3v) is 7.08. The Morgan fingerprint density at radius 1 is 1.05 bits per heavy atom. The number of halogens is 3. The highest BCUT2D eigenvalue weighted by atomic mass is 19.4. The van der Waals surface area contributed by atoms with Gasteiger partial charge < -0.3 is 28.4 Å². The summed E-state index contributed by atoms with van der Waals surface area (Å²) < 4.78 is 75.8. The van der Waals surface area contributed by atoms with E-state index in [2.05, 4.69) is 0 Å². The van der Waals surface area contributed by atoms with Gasteiger partial charge in [-0.1, -0.05) is 50.1 Å². The molecule has 1 saturated heterocycles. The maximum absolute atomic E-state index is 14.5. The van der Waals surface area contributed by atoms with Crippen LogP contribution in [0.4, 0.5) is 13.2 Å². The molecule has 1 aromatic rings. The van der Waals surface area contributed by atoms with Crippen LogP contribution in [0.2, 0.25) is 0 Å². The van der Waals surface area contributed by atoms with Gasteiger partial charge in [0, 0.05) is 25.5 Å². The lowest BCUT2D eigenvalue weighted by Crippen LogP contribution is -2.53. The summed E-state index contributed by atoms with van der Waals surface area (Å²) in [5, 5.41) is 0. The molecule has 0 radical (unpaired) electrons. The van der Waals surface area contributed by atoms with Gasteiger partial charge in [-0.25, -0.2) is 4.79 Å². The molecule has 0 N–H and O–H groups in total. The standard InChI is InChI=1S/C30H43F3O9/c1-7-38-25(34)17-20(3)13-12-14-21(26(35)39-8-2)18-23(24-19-40-28(4,5)42-24)41-27(36)29(37-6,30(31,32)33)22-15-10-9-11-16-22/h9-11,15-16,20-21,23-24H,7-8,12-14,17-19H2,1-6H3/t20-,21+,23-,24+,29+/m0/s1. The van der Waals surface area contributed by atoms with Gasteiger partial charge in [0.1, 0.15) is 12.2 Å². The van der Waals surface area contributed by atoms with E-state index in [0.717, 1.165) is 19.2 Å². The van der Waals surface area contributed by atoms with E-state index in [4.69, 9.17) is 28.4 Å². The van der Waals surface area contributed by atoms with Crippen LogP contribution in [0.15, 0.2) is 30.3 Å². The third kappa shape index (κ3) is 9.40. The number of esters is 3. The number of carbonyl (C=O) groups excluding carboxylic acids is 3. The molecular formula is C30H43F3O9. The molecule has 42 heavy (non-hydrogen) atoms. The zero-order valence-electron chi connectivity index (χ0n) is 25.2. The van der Waals surface area contributed by atoms with Crippen LogP contribution in [0, 0.1) is 11.8 Å². The molecule has 1 aliphatic rings. The quantitative estimate of drug-likeness (QED) is 0.179. The van der Waals surface area contributed by atoms with E-state index >= 15 is 0 Å². The number of methoxy groups -OCH3 is 1. The van der Waals surface area contributed by atoms with Crippen LogP contribution < -0.4 is 0 Å². The van der Waals surface area contributed by atoms with Crippen LogP contribution in [0.25, 0.3) is 0 Å². The Hall–Kier alpha value is -2.70. The molecule has 0 aromatic heterocycles. The Bertz CT molecular complexity index is 1020. The van der Waals surface area contributed by atoms with E-state index in [1.165, 1.54) is 18.2 Å². The summed E-state index contributed by atoms with van der Waals surface area (Å²) in [6.07, 6.45) is -6.01. The highest BCUT2D eigenvalue weighted by Gasteiger charge is 2.64. The van der Waals surface area contributed by atoms with Gasteiger partial charge in [0.05, 0.1) is 25.7 Å². The molecule has 1 aromatic carbocycles. The normalized spacial score (nSPS) is 20.2. The maximum atomic E-state index is 14.5. The Balaban J connectivity index is 2.33. The Morgan fingerprint density at radius 3 is 2.21 bits per heavy atom. The van der Waals surface area contributed by atoms with E-state index in [0.29, 0.717) is 12.8 Å². The van der Waals surface area contributed by atoms with Gasteiger partial charge in [0.2, 0.25) is 0 Å². The van der Waals surface area contributed by atoms with Crippen LogP contribution in [0.5, 0.6) is 0 Å². The topological polar surface area (TPSA) is 107 Å². The van der Waals surface area contributed by atoms with Crippen LogP contribution in [0.3, 0.4) is 0 Å². The fraction of sp³-hybridized carbons (Fsp3) is 0.700. The summed E-state index contributed by atoms with van der Waals surface area (Å²) >= 11 is 0. The predicted molar refractivity (Wildman–Crippen MR) is 145 cm³/mol. The van der Waals surface area contributed by atoms with Crippen molar-refractivity contribution >= 4 is 17.9 Å². The lowest BCUT2D eigenvalue weighted by atomic mass is 9.90. The average molecular weight is 605 g/mol. The number of rotatable bonds is 16. The smallest absolute Gasteiger partial charge is 0.432 e. The molecule has 1 aliphatic heterocycles. The minimum absolute atomic E-state index is 0.0205. The minimum atomic E-state index is -5.17. The fourth-order valence-electron chi connectivity index (χ4n) is 4.97. The number of alkyl halides is 3. The minimum Gasteiger partial charge on any atom is -0.466 e. The fourth-order valence-corrected chi connectivity index (χ4v) is 4.97. The lowest BCUT2D eigenvalue weighted by molar-refractivity contribution is -0.280. The van der Waals surface area contributed by atoms with Crippen molar-refractivity contribution < 1.29 is 56.0 Å². The second-order valence-corrected chi connectivity index (χ2v) is 10.8. The molecule has 0 aliphatic carbocycles. The van der Waals surface area contributed by atoms with Gasteiger partial charge in [0.25, 0.3) is 5.60 Å². The highest BCUT2D eigenvalue weighted by Crippen LogP contribution is 2.44. The van der Waals surface area contributed by atoms with Gasteiger partial charge >= 0.3 is 24.1 Å². The predicted octanol–water partition coefficient (Wildman–Crippen LogP) is 5.48. The molecule has 0 saturated carbocycles. The highest BCUT2D eigenvalue weighted by molar-refractivity contribution is 5.83. The first kappa shape index (κ1) is 35.5. The lowest BCUT2D eigenvalue weighted by Gasteiger charge is -2.35. The van der Waals surface area contributed by atoms with Crippen molar-refractivity contribution in [1.29, 1.82) is 0 Å². The van der Waals surface area contributed by atoms with E-state index < -0.39 is 53.2 Å². The van der Waals surface area contributed by atoms with Gasteiger partial charge in [-0.2, -0.15) is 13.2 Å². The Morgan fingerprint density at radius 2 is 1.69 bits per heavy atom. The number of ether oxygens (including phenoxy) is 6. The first-order chi connectivity index (χ1) is 19.7. The van der Waals surface area contributed by atoms with Crippen molar-refractivity contribution in [3.05, 3.63) is 35.9 Å². The van der Waals surface area contributed by atoms with Crippen molar-refractivity contribution in [1.82, 2.24) is 0 Å². The molecule has 238 valence electrons. The second kappa shape index (κ2) is 15.7.